The van der Waals surface area contributed by atoms with Gasteiger partial charge in [-0.1, -0.05) is 48.0 Å². The van der Waals surface area contributed by atoms with Crippen LogP contribution in [0.2, 0.25) is 5.02 Å². The number of hydrogen-bond acceptors (Lipinski definition) is 4. The van der Waals surface area contributed by atoms with Crippen molar-refractivity contribution in [1.82, 2.24) is 15.5 Å². The number of likely N-dealkylation sites (tertiary alicyclic amines) is 1. The second kappa shape index (κ2) is 9.81. The third-order valence-electron chi connectivity index (χ3n) is 6.40. The maximum atomic E-state index is 13.4. The highest BCUT2D eigenvalue weighted by molar-refractivity contribution is 6.30. The zero-order valence-corrected chi connectivity index (χ0v) is 18.3. The molecule has 2 amide bonds. The Hall–Kier alpha value is -2.41. The highest BCUT2D eigenvalue weighted by Gasteiger charge is 2.41. The lowest BCUT2D eigenvalue weighted by Gasteiger charge is -2.29. The molecule has 2 aromatic rings. The smallest absolute Gasteiger partial charge is 0.243 e. The average Bonchev–Trinajstić information content (AvgIpc) is 3.48. The summed E-state index contributed by atoms with van der Waals surface area (Å²) in [6.45, 7) is 2.14. The van der Waals surface area contributed by atoms with Crippen LogP contribution in [0.3, 0.4) is 0 Å². The monoisotopic (exact) mass is 440 g/mol. The number of halogens is 1. The van der Waals surface area contributed by atoms with E-state index in [2.05, 4.69) is 22.8 Å². The number of benzene rings is 2. The van der Waals surface area contributed by atoms with Crippen molar-refractivity contribution >= 4 is 23.4 Å². The second-order valence-corrected chi connectivity index (χ2v) is 8.70. The van der Waals surface area contributed by atoms with Crippen LogP contribution in [0.5, 0.6) is 0 Å². The molecule has 0 aliphatic carbocycles. The SMILES string of the molecule is NCc1ccc(Cl)cc1CNC(=O)[C@@H]1CCCN1C(=O)[C@H]1NCCC1c1ccccc1. The Kier molecular flexibility index (Phi) is 6.90. The summed E-state index contributed by atoms with van der Waals surface area (Å²) >= 11 is 6.10. The van der Waals surface area contributed by atoms with Gasteiger partial charge in [0.05, 0.1) is 6.04 Å². The topological polar surface area (TPSA) is 87.5 Å². The molecule has 0 saturated carbocycles. The van der Waals surface area contributed by atoms with Crippen molar-refractivity contribution in [3.8, 4) is 0 Å². The lowest BCUT2D eigenvalue weighted by atomic mass is 9.91. The first-order chi connectivity index (χ1) is 15.1. The molecule has 4 rings (SSSR count). The molecule has 4 N–H and O–H groups in total. The van der Waals surface area contributed by atoms with Gasteiger partial charge in [-0.15, -0.1) is 0 Å². The number of hydrogen-bond donors (Lipinski definition) is 3. The molecule has 1 unspecified atom stereocenters. The van der Waals surface area contributed by atoms with E-state index >= 15 is 0 Å². The maximum absolute atomic E-state index is 13.4. The summed E-state index contributed by atoms with van der Waals surface area (Å²) < 4.78 is 0. The van der Waals surface area contributed by atoms with Gasteiger partial charge >= 0.3 is 0 Å². The minimum Gasteiger partial charge on any atom is -0.350 e. The van der Waals surface area contributed by atoms with Gasteiger partial charge in [0.1, 0.15) is 6.04 Å². The van der Waals surface area contributed by atoms with Crippen molar-refractivity contribution in [2.45, 2.75) is 50.4 Å². The minimum absolute atomic E-state index is 0.0226. The van der Waals surface area contributed by atoms with Crippen LogP contribution >= 0.6 is 11.6 Å². The molecule has 2 aromatic carbocycles. The van der Waals surface area contributed by atoms with Crippen LogP contribution in [0, 0.1) is 0 Å². The van der Waals surface area contributed by atoms with Crippen LogP contribution in [0.25, 0.3) is 0 Å². The Labute approximate surface area is 188 Å². The molecule has 6 nitrogen and oxygen atoms in total. The van der Waals surface area contributed by atoms with Crippen molar-refractivity contribution in [2.24, 2.45) is 5.73 Å². The maximum Gasteiger partial charge on any atom is 0.243 e. The fourth-order valence-corrected chi connectivity index (χ4v) is 4.96. The first kappa shape index (κ1) is 21.8. The number of carbonyl (C=O) groups excluding carboxylic acids is 2. The molecule has 31 heavy (non-hydrogen) atoms. The predicted molar refractivity (Wildman–Crippen MR) is 122 cm³/mol. The number of carbonyl (C=O) groups is 2. The van der Waals surface area contributed by atoms with E-state index in [4.69, 9.17) is 17.3 Å². The Morgan fingerprint density at radius 1 is 1.13 bits per heavy atom. The lowest BCUT2D eigenvalue weighted by Crippen LogP contribution is -2.52. The van der Waals surface area contributed by atoms with Gasteiger partial charge in [0.2, 0.25) is 11.8 Å². The summed E-state index contributed by atoms with van der Waals surface area (Å²) in [6, 6.07) is 14.9. The molecule has 3 atom stereocenters. The third-order valence-corrected chi connectivity index (χ3v) is 6.63. The number of nitrogens with one attached hydrogen (secondary N) is 2. The van der Waals surface area contributed by atoms with E-state index in [9.17, 15) is 9.59 Å². The minimum atomic E-state index is -0.438. The van der Waals surface area contributed by atoms with E-state index in [0.29, 0.717) is 31.1 Å². The van der Waals surface area contributed by atoms with Gasteiger partial charge in [-0.3, -0.25) is 9.59 Å². The molecule has 7 heteroatoms. The van der Waals surface area contributed by atoms with Crippen LogP contribution in [0.1, 0.15) is 41.9 Å². The van der Waals surface area contributed by atoms with Gasteiger partial charge < -0.3 is 21.3 Å². The number of nitrogens with two attached hydrogens (primary N) is 1. The van der Waals surface area contributed by atoms with Gasteiger partial charge in [-0.05, 0) is 54.6 Å². The molecule has 2 saturated heterocycles. The third kappa shape index (κ3) is 4.76. The lowest BCUT2D eigenvalue weighted by molar-refractivity contribution is -0.140. The van der Waals surface area contributed by atoms with Crippen molar-refractivity contribution < 1.29 is 9.59 Å². The second-order valence-electron chi connectivity index (χ2n) is 8.26. The Balaban J connectivity index is 1.43. The standard InChI is InChI=1S/C24H29ClN4O2/c25-19-9-8-17(14-26)18(13-19)15-28-23(30)21-7-4-12-29(21)24(31)22-20(10-11-27-22)16-5-2-1-3-6-16/h1-3,5-6,8-9,13,20-22,27H,4,7,10-12,14-15,26H2,(H,28,30)/t20?,21-,22-/m0/s1. The number of nitrogens with zero attached hydrogens (tertiary/aromatic N) is 1. The van der Waals surface area contributed by atoms with E-state index < -0.39 is 6.04 Å². The fraction of sp³-hybridized carbons (Fsp3) is 0.417. The van der Waals surface area contributed by atoms with E-state index in [-0.39, 0.29) is 23.8 Å². The first-order valence-corrected chi connectivity index (χ1v) is 11.3. The van der Waals surface area contributed by atoms with Crippen molar-refractivity contribution in [3.05, 3.63) is 70.2 Å². The highest BCUT2D eigenvalue weighted by Crippen LogP contribution is 2.30. The van der Waals surface area contributed by atoms with Crippen LogP contribution in [-0.2, 0) is 22.7 Å². The predicted octanol–water partition coefficient (Wildman–Crippen LogP) is 2.55. The highest BCUT2D eigenvalue weighted by atomic mass is 35.5. The van der Waals surface area contributed by atoms with E-state index in [1.54, 1.807) is 11.0 Å². The summed E-state index contributed by atoms with van der Waals surface area (Å²) in [4.78, 5) is 28.2. The largest absolute Gasteiger partial charge is 0.350 e. The molecule has 2 heterocycles. The van der Waals surface area contributed by atoms with Crippen molar-refractivity contribution in [1.29, 1.82) is 0 Å². The van der Waals surface area contributed by atoms with Crippen molar-refractivity contribution in [3.63, 3.8) is 0 Å². The molecular formula is C24H29ClN4O2. The summed E-state index contributed by atoms with van der Waals surface area (Å²) in [5.41, 5.74) is 8.83. The van der Waals surface area contributed by atoms with Crippen molar-refractivity contribution in [2.75, 3.05) is 13.1 Å². The van der Waals surface area contributed by atoms with E-state index in [1.165, 1.54) is 5.56 Å². The summed E-state index contributed by atoms with van der Waals surface area (Å²) in [6.07, 6.45) is 2.43. The molecule has 0 spiro atoms. The molecular weight excluding hydrogens is 412 g/mol. The summed E-state index contributed by atoms with van der Waals surface area (Å²) in [5, 5.41) is 6.97. The number of rotatable bonds is 6. The Morgan fingerprint density at radius 2 is 1.94 bits per heavy atom. The first-order valence-electron chi connectivity index (χ1n) is 10.9. The quantitative estimate of drug-likeness (QED) is 0.644. The van der Waals surface area contributed by atoms with Gasteiger partial charge in [-0.2, -0.15) is 0 Å². The normalized spacial score (nSPS) is 23.2. The number of amides is 2. The summed E-state index contributed by atoms with van der Waals surface area (Å²) in [5.74, 6) is 0.0362. The fourth-order valence-electron chi connectivity index (χ4n) is 4.76. The average molecular weight is 441 g/mol. The van der Waals surface area contributed by atoms with Crippen LogP contribution < -0.4 is 16.4 Å². The molecule has 0 radical (unpaired) electrons. The zero-order valence-electron chi connectivity index (χ0n) is 17.5. The molecule has 2 fully saturated rings. The molecule has 164 valence electrons. The van der Waals surface area contributed by atoms with Gasteiger partial charge in [0, 0.05) is 30.6 Å². The van der Waals surface area contributed by atoms with Gasteiger partial charge in [0.15, 0.2) is 0 Å². The van der Waals surface area contributed by atoms with Gasteiger partial charge in [0.25, 0.3) is 0 Å². The zero-order chi connectivity index (χ0) is 21.8. The van der Waals surface area contributed by atoms with Crippen LogP contribution in [0.4, 0.5) is 0 Å². The van der Waals surface area contributed by atoms with Gasteiger partial charge in [-0.25, -0.2) is 0 Å². The Morgan fingerprint density at radius 3 is 2.71 bits per heavy atom. The molecule has 0 bridgehead atoms. The Bertz CT molecular complexity index is 936. The molecule has 2 aliphatic rings. The molecule has 2 aliphatic heterocycles. The van der Waals surface area contributed by atoms with Crippen LogP contribution in [-0.4, -0.2) is 41.9 Å². The molecule has 0 aromatic heterocycles. The summed E-state index contributed by atoms with van der Waals surface area (Å²) in [7, 11) is 0. The van der Waals surface area contributed by atoms with Crippen LogP contribution in [0.15, 0.2) is 48.5 Å². The van der Waals surface area contributed by atoms with E-state index in [1.807, 2.05) is 30.3 Å². The van der Waals surface area contributed by atoms with E-state index in [0.717, 1.165) is 30.5 Å².